The van der Waals surface area contributed by atoms with E-state index in [4.69, 9.17) is 9.47 Å². The molecule has 0 spiro atoms. The monoisotopic (exact) mass is 493 g/mol. The van der Waals surface area contributed by atoms with Crippen LogP contribution in [0.3, 0.4) is 0 Å². The molecular weight excluding hydrogens is 462 g/mol. The van der Waals surface area contributed by atoms with Gasteiger partial charge >= 0.3 is 0 Å². The summed E-state index contributed by atoms with van der Waals surface area (Å²) in [7, 11) is 1.62. The first-order valence-electron chi connectivity index (χ1n) is 11.7. The van der Waals surface area contributed by atoms with Crippen LogP contribution in [0, 0.1) is 39.0 Å². The summed E-state index contributed by atoms with van der Waals surface area (Å²) in [6.45, 7) is 9.42. The number of nitriles is 1. The molecule has 0 aliphatic carbocycles. The molecule has 4 rings (SSSR count). The molecule has 1 saturated heterocycles. The highest BCUT2D eigenvalue weighted by molar-refractivity contribution is 7.99. The lowest BCUT2D eigenvalue weighted by Crippen LogP contribution is -2.19. The molecule has 0 radical (unpaired) electrons. The van der Waals surface area contributed by atoms with E-state index in [1.807, 2.05) is 56.5 Å². The zero-order chi connectivity index (χ0) is 25.1. The van der Waals surface area contributed by atoms with Crippen molar-refractivity contribution in [1.82, 2.24) is 14.1 Å². The molecule has 35 heavy (non-hydrogen) atoms. The van der Waals surface area contributed by atoms with Crippen LogP contribution in [-0.2, 0) is 16.1 Å². The standard InChI is InChI=1S/C26H31N5O3S/c1-16-18(3)31(20-8-10-21(33-5)11-9-20)25(23(16)13-27)29-24(32)15-35-26-28-17(2)19(4)30(26)14-22-7-6-12-34-22/h8-11,22H,6-7,12,14-15H2,1-5H3,(H,29,32). The summed E-state index contributed by atoms with van der Waals surface area (Å²) in [5, 5.41) is 13.6. The molecule has 0 saturated carbocycles. The number of carbonyl (C=O) groups excluding carboxylic acids is 1. The minimum absolute atomic E-state index is 0.179. The highest BCUT2D eigenvalue weighted by Gasteiger charge is 2.23. The third-order valence-corrected chi connectivity index (χ3v) is 7.56. The Bertz CT molecular complexity index is 1260. The fraction of sp³-hybridized carbons (Fsp3) is 0.423. The summed E-state index contributed by atoms with van der Waals surface area (Å²) in [6, 6.07) is 9.79. The van der Waals surface area contributed by atoms with Crippen LogP contribution in [0.4, 0.5) is 5.82 Å². The maximum atomic E-state index is 13.1. The van der Waals surface area contributed by atoms with Crippen LogP contribution in [0.25, 0.3) is 5.69 Å². The van der Waals surface area contributed by atoms with Crippen molar-refractivity contribution in [1.29, 1.82) is 5.26 Å². The van der Waals surface area contributed by atoms with Crippen molar-refractivity contribution in [2.45, 2.75) is 58.3 Å². The zero-order valence-corrected chi connectivity index (χ0v) is 21.7. The Balaban J connectivity index is 1.54. The normalized spacial score (nSPS) is 15.3. The largest absolute Gasteiger partial charge is 0.497 e. The van der Waals surface area contributed by atoms with Crippen LogP contribution in [0.1, 0.15) is 41.1 Å². The topological polar surface area (TPSA) is 94.1 Å². The minimum Gasteiger partial charge on any atom is -0.497 e. The Morgan fingerprint density at radius 2 is 2.00 bits per heavy atom. The number of ether oxygens (including phenoxy) is 2. The first kappa shape index (κ1) is 24.9. The summed E-state index contributed by atoms with van der Waals surface area (Å²) in [4.78, 5) is 17.8. The Morgan fingerprint density at radius 3 is 2.63 bits per heavy atom. The van der Waals surface area contributed by atoms with Gasteiger partial charge < -0.3 is 19.4 Å². The number of aryl methyl sites for hydroxylation is 1. The molecule has 184 valence electrons. The quantitative estimate of drug-likeness (QED) is 0.457. The smallest absolute Gasteiger partial charge is 0.236 e. The van der Waals surface area contributed by atoms with Gasteiger partial charge in [-0.15, -0.1) is 0 Å². The lowest BCUT2D eigenvalue weighted by atomic mass is 10.2. The molecule has 3 aromatic rings. The average Bonchev–Trinajstić information content (AvgIpc) is 3.53. The van der Waals surface area contributed by atoms with Crippen LogP contribution in [-0.4, -0.2) is 45.6 Å². The van der Waals surface area contributed by atoms with E-state index in [0.717, 1.165) is 65.2 Å². The molecule has 1 aromatic carbocycles. The second-order valence-electron chi connectivity index (χ2n) is 8.73. The highest BCUT2D eigenvalue weighted by Crippen LogP contribution is 2.31. The van der Waals surface area contributed by atoms with E-state index in [-0.39, 0.29) is 17.8 Å². The fourth-order valence-corrected chi connectivity index (χ4v) is 5.26. The SMILES string of the molecule is COc1ccc(-n2c(C)c(C)c(C#N)c2NC(=O)CSc2nc(C)c(C)n2CC2CCCO2)cc1. The van der Waals surface area contributed by atoms with E-state index in [9.17, 15) is 10.1 Å². The average molecular weight is 494 g/mol. The second kappa shape index (κ2) is 10.6. The van der Waals surface area contributed by atoms with Gasteiger partial charge in [-0.1, -0.05) is 11.8 Å². The molecule has 1 N–H and O–H groups in total. The Labute approximate surface area is 210 Å². The number of carbonyl (C=O) groups is 1. The summed E-state index contributed by atoms with van der Waals surface area (Å²) in [6.07, 6.45) is 2.31. The van der Waals surface area contributed by atoms with E-state index in [0.29, 0.717) is 11.4 Å². The zero-order valence-electron chi connectivity index (χ0n) is 20.8. The molecule has 2 aromatic heterocycles. The third kappa shape index (κ3) is 5.09. The van der Waals surface area contributed by atoms with Crippen LogP contribution in [0.15, 0.2) is 29.4 Å². The van der Waals surface area contributed by atoms with Gasteiger partial charge in [0.1, 0.15) is 17.6 Å². The lowest BCUT2D eigenvalue weighted by molar-refractivity contribution is -0.113. The van der Waals surface area contributed by atoms with E-state index >= 15 is 0 Å². The molecular formula is C26H31N5O3S. The summed E-state index contributed by atoms with van der Waals surface area (Å²) in [5.74, 6) is 1.20. The summed E-state index contributed by atoms with van der Waals surface area (Å²) in [5.41, 5.74) is 5.09. The number of imidazole rings is 1. The molecule has 1 aliphatic heterocycles. The van der Waals surface area contributed by atoms with E-state index in [2.05, 4.69) is 20.9 Å². The molecule has 1 unspecified atom stereocenters. The van der Waals surface area contributed by atoms with E-state index in [1.54, 1.807) is 7.11 Å². The number of thioether (sulfide) groups is 1. The van der Waals surface area contributed by atoms with Gasteiger partial charge in [0.25, 0.3) is 0 Å². The van der Waals surface area contributed by atoms with Gasteiger partial charge in [0, 0.05) is 23.7 Å². The van der Waals surface area contributed by atoms with Gasteiger partial charge in [0.2, 0.25) is 5.91 Å². The number of aromatic nitrogens is 3. The number of nitrogens with zero attached hydrogens (tertiary/aromatic N) is 4. The molecule has 9 heteroatoms. The van der Waals surface area contributed by atoms with Crippen LogP contribution in [0.2, 0.25) is 0 Å². The number of nitrogens with one attached hydrogen (secondary N) is 1. The number of hydrogen-bond donors (Lipinski definition) is 1. The number of benzene rings is 1. The third-order valence-electron chi connectivity index (χ3n) is 6.58. The maximum absolute atomic E-state index is 13.1. The predicted octanol–water partition coefficient (Wildman–Crippen LogP) is 4.70. The van der Waals surface area contributed by atoms with Crippen molar-refractivity contribution in [2.75, 3.05) is 24.8 Å². The summed E-state index contributed by atoms with van der Waals surface area (Å²) >= 11 is 1.40. The van der Waals surface area contributed by atoms with Crippen molar-refractivity contribution >= 4 is 23.5 Å². The van der Waals surface area contributed by atoms with Crippen molar-refractivity contribution in [3.63, 3.8) is 0 Å². The van der Waals surface area contributed by atoms with Crippen molar-refractivity contribution in [3.8, 4) is 17.5 Å². The van der Waals surface area contributed by atoms with E-state index in [1.165, 1.54) is 11.8 Å². The van der Waals surface area contributed by atoms with Gasteiger partial charge in [-0.25, -0.2) is 4.98 Å². The minimum atomic E-state index is -0.194. The maximum Gasteiger partial charge on any atom is 0.236 e. The Kier molecular flexibility index (Phi) is 7.53. The molecule has 1 amide bonds. The van der Waals surface area contributed by atoms with Gasteiger partial charge in [0.05, 0.1) is 36.8 Å². The number of anilines is 1. The first-order chi connectivity index (χ1) is 16.8. The van der Waals surface area contributed by atoms with Crippen molar-refractivity contribution in [3.05, 3.63) is 52.5 Å². The van der Waals surface area contributed by atoms with Gasteiger partial charge in [-0.05, 0) is 70.4 Å². The number of methoxy groups -OCH3 is 1. The number of amides is 1. The van der Waals surface area contributed by atoms with Gasteiger partial charge in [-0.3, -0.25) is 9.36 Å². The van der Waals surface area contributed by atoms with Crippen molar-refractivity contribution in [2.24, 2.45) is 0 Å². The molecule has 1 aliphatic rings. The van der Waals surface area contributed by atoms with Crippen LogP contribution >= 0.6 is 11.8 Å². The number of hydrogen-bond acceptors (Lipinski definition) is 6. The predicted molar refractivity (Wildman–Crippen MR) is 137 cm³/mol. The van der Waals surface area contributed by atoms with Gasteiger partial charge in [-0.2, -0.15) is 5.26 Å². The highest BCUT2D eigenvalue weighted by atomic mass is 32.2. The Hall–Kier alpha value is -3.22. The molecule has 0 bridgehead atoms. The molecule has 3 heterocycles. The Morgan fingerprint density at radius 1 is 1.26 bits per heavy atom. The van der Waals surface area contributed by atoms with E-state index < -0.39 is 0 Å². The van der Waals surface area contributed by atoms with Crippen LogP contribution in [0.5, 0.6) is 5.75 Å². The summed E-state index contributed by atoms with van der Waals surface area (Å²) < 4.78 is 15.1. The lowest BCUT2D eigenvalue weighted by Gasteiger charge is -2.15. The second-order valence-corrected chi connectivity index (χ2v) is 9.67. The van der Waals surface area contributed by atoms with Crippen LogP contribution < -0.4 is 10.1 Å². The molecule has 1 fully saturated rings. The van der Waals surface area contributed by atoms with Crippen molar-refractivity contribution < 1.29 is 14.3 Å². The molecule has 8 nitrogen and oxygen atoms in total. The fourth-order valence-electron chi connectivity index (χ4n) is 4.35. The number of rotatable bonds is 8. The molecule has 1 atom stereocenters. The van der Waals surface area contributed by atoms with Gasteiger partial charge in [0.15, 0.2) is 5.16 Å². The first-order valence-corrected chi connectivity index (χ1v) is 12.7.